The second-order valence-corrected chi connectivity index (χ2v) is 9.55. The maximum atomic E-state index is 2.50. The molecule has 1 aromatic heterocycles. The molecule has 1 atom stereocenters. The molecule has 0 bridgehead atoms. The van der Waals surface area contributed by atoms with Gasteiger partial charge in [0.25, 0.3) is 5.01 Å². The summed E-state index contributed by atoms with van der Waals surface area (Å²) in [5.74, 6) is 0.750. The largest absolute Gasteiger partial charge is 0.381 e. The lowest BCUT2D eigenvalue weighted by molar-refractivity contribution is -0.664. The summed E-state index contributed by atoms with van der Waals surface area (Å²) in [5, 5.41) is 4.06. The van der Waals surface area contributed by atoms with Crippen LogP contribution < -0.4 is 4.57 Å². The van der Waals surface area contributed by atoms with E-state index in [1.165, 1.54) is 68.5 Å². The lowest BCUT2D eigenvalue weighted by Crippen LogP contribution is -2.33. The van der Waals surface area contributed by atoms with Crippen LogP contribution in [0.3, 0.4) is 0 Å². The third kappa shape index (κ3) is 3.32. The summed E-state index contributed by atoms with van der Waals surface area (Å²) in [6.45, 7) is 3.26. The molecule has 148 valence electrons. The first kappa shape index (κ1) is 18.6. The Morgan fingerprint density at radius 1 is 1.07 bits per heavy atom. The van der Waals surface area contributed by atoms with Crippen LogP contribution in [0.4, 0.5) is 0 Å². The maximum Gasteiger partial charge on any atom is 0.263 e. The molecular weight excluding hydrogens is 372 g/mol. The first-order chi connectivity index (χ1) is 14.1. The van der Waals surface area contributed by atoms with Gasteiger partial charge < -0.3 is 4.90 Å². The molecule has 3 heteroatoms. The zero-order valence-corrected chi connectivity index (χ0v) is 18.4. The van der Waals surface area contributed by atoms with E-state index in [1.807, 2.05) is 11.3 Å². The van der Waals surface area contributed by atoms with E-state index >= 15 is 0 Å². The van der Waals surface area contributed by atoms with Crippen molar-refractivity contribution in [2.75, 3.05) is 14.1 Å². The van der Waals surface area contributed by atoms with E-state index in [2.05, 4.69) is 85.1 Å². The van der Waals surface area contributed by atoms with Gasteiger partial charge in [-0.3, -0.25) is 0 Å². The first-order valence-corrected chi connectivity index (χ1v) is 11.6. The van der Waals surface area contributed by atoms with Crippen LogP contribution in [0.25, 0.3) is 27.1 Å². The molecular formula is C26H29N2S+. The van der Waals surface area contributed by atoms with Crippen molar-refractivity contribution in [3.8, 4) is 0 Å². The molecule has 0 spiro atoms. The van der Waals surface area contributed by atoms with Crippen molar-refractivity contribution in [3.05, 3.63) is 70.4 Å². The highest BCUT2D eigenvalue weighted by Gasteiger charge is 2.25. The fourth-order valence-electron chi connectivity index (χ4n) is 4.89. The van der Waals surface area contributed by atoms with Crippen molar-refractivity contribution >= 4 is 38.4 Å². The number of rotatable bonds is 3. The molecule has 0 aliphatic heterocycles. The van der Waals surface area contributed by atoms with E-state index in [9.17, 15) is 0 Å². The van der Waals surface area contributed by atoms with Crippen LogP contribution in [0.5, 0.6) is 0 Å². The Hall–Kier alpha value is -2.39. The summed E-state index contributed by atoms with van der Waals surface area (Å²) in [6.07, 6.45) is 12.4. The van der Waals surface area contributed by atoms with Crippen molar-refractivity contribution in [3.63, 3.8) is 0 Å². The zero-order chi connectivity index (χ0) is 20.0. The van der Waals surface area contributed by atoms with Gasteiger partial charge in [0.2, 0.25) is 5.52 Å². The Labute approximate surface area is 177 Å². The van der Waals surface area contributed by atoms with E-state index in [1.54, 1.807) is 0 Å². The normalized spacial score (nSPS) is 20.7. The highest BCUT2D eigenvalue weighted by atomic mass is 32.1. The highest BCUT2D eigenvalue weighted by Crippen LogP contribution is 2.38. The Bertz CT molecular complexity index is 1180. The van der Waals surface area contributed by atoms with Crippen molar-refractivity contribution in [2.24, 2.45) is 5.92 Å². The molecule has 2 aliphatic carbocycles. The summed E-state index contributed by atoms with van der Waals surface area (Å²) < 4.78 is 3.88. The minimum absolute atomic E-state index is 0.750. The van der Waals surface area contributed by atoms with Crippen molar-refractivity contribution in [1.29, 1.82) is 0 Å². The first-order valence-electron chi connectivity index (χ1n) is 10.8. The second kappa shape index (κ2) is 7.46. The van der Waals surface area contributed by atoms with Crippen LogP contribution in [-0.2, 0) is 6.54 Å². The zero-order valence-electron chi connectivity index (χ0n) is 17.6. The summed E-state index contributed by atoms with van der Waals surface area (Å²) >= 11 is 1.93. The molecule has 0 saturated heterocycles. The molecule has 0 saturated carbocycles. The Balaban J connectivity index is 1.61. The molecule has 2 aromatic carbocycles. The predicted octanol–water partition coefficient (Wildman–Crippen LogP) is 6.32. The van der Waals surface area contributed by atoms with E-state index in [0.717, 1.165) is 12.5 Å². The van der Waals surface area contributed by atoms with Gasteiger partial charge in [-0.25, -0.2) is 0 Å². The molecule has 0 amide bonds. The molecule has 2 aliphatic rings. The number of hydrogen-bond acceptors (Lipinski definition) is 2. The standard InChI is InChI=1S/C26H29N2S/c1-4-28-25(29-24-14-12-20-7-5-6-8-23(20)26(24)28)16-18-9-10-19-11-13-22(27(2)3)17-21(19)15-18/h5-8,12,14-17,19H,4,9-11,13H2,1-3H3/q+1. The van der Waals surface area contributed by atoms with Crippen LogP contribution in [0.1, 0.15) is 37.6 Å². The van der Waals surface area contributed by atoms with Crippen LogP contribution in [-0.4, -0.2) is 19.0 Å². The van der Waals surface area contributed by atoms with Gasteiger partial charge >= 0.3 is 0 Å². The van der Waals surface area contributed by atoms with Crippen LogP contribution in [0, 0.1) is 5.92 Å². The van der Waals surface area contributed by atoms with Gasteiger partial charge in [-0.2, -0.15) is 4.57 Å². The molecule has 29 heavy (non-hydrogen) atoms. The Morgan fingerprint density at radius 2 is 1.90 bits per heavy atom. The van der Waals surface area contributed by atoms with E-state index in [-0.39, 0.29) is 0 Å². The monoisotopic (exact) mass is 401 g/mol. The van der Waals surface area contributed by atoms with Crippen molar-refractivity contribution < 1.29 is 4.57 Å². The lowest BCUT2D eigenvalue weighted by Gasteiger charge is -2.31. The van der Waals surface area contributed by atoms with Crippen molar-refractivity contribution in [2.45, 2.75) is 39.2 Å². The number of allylic oxidation sites excluding steroid dienone is 5. The van der Waals surface area contributed by atoms with Gasteiger partial charge in [0.1, 0.15) is 11.2 Å². The topological polar surface area (TPSA) is 7.12 Å². The smallest absolute Gasteiger partial charge is 0.263 e. The fourth-order valence-corrected chi connectivity index (χ4v) is 6.11. The highest BCUT2D eigenvalue weighted by molar-refractivity contribution is 7.19. The van der Waals surface area contributed by atoms with Crippen LogP contribution >= 0.6 is 11.3 Å². The summed E-state index contributed by atoms with van der Waals surface area (Å²) in [7, 11) is 4.33. The fraction of sp³-hybridized carbons (Fsp3) is 0.346. The number of thiazole rings is 1. The average molecular weight is 402 g/mol. The third-order valence-corrected chi connectivity index (χ3v) is 7.60. The number of aromatic nitrogens is 1. The van der Waals surface area contributed by atoms with Gasteiger partial charge in [-0.15, -0.1) is 0 Å². The van der Waals surface area contributed by atoms with E-state index in [4.69, 9.17) is 0 Å². The number of benzene rings is 2. The summed E-state index contributed by atoms with van der Waals surface area (Å²) in [4.78, 5) is 2.27. The molecule has 0 radical (unpaired) electrons. The minimum atomic E-state index is 0.750. The number of nitrogens with zero attached hydrogens (tertiary/aromatic N) is 2. The lowest BCUT2D eigenvalue weighted by atomic mass is 9.78. The molecule has 1 heterocycles. The predicted molar refractivity (Wildman–Crippen MR) is 125 cm³/mol. The quantitative estimate of drug-likeness (QED) is 0.466. The second-order valence-electron chi connectivity index (χ2n) is 8.49. The minimum Gasteiger partial charge on any atom is -0.381 e. The van der Waals surface area contributed by atoms with Gasteiger partial charge in [-0.05, 0) is 73.3 Å². The van der Waals surface area contributed by atoms with Gasteiger partial charge in [-0.1, -0.05) is 41.7 Å². The summed E-state index contributed by atoms with van der Waals surface area (Å²) in [5.41, 5.74) is 5.86. The van der Waals surface area contributed by atoms with Crippen LogP contribution in [0.2, 0.25) is 0 Å². The van der Waals surface area contributed by atoms with E-state index < -0.39 is 0 Å². The molecule has 5 rings (SSSR count). The van der Waals surface area contributed by atoms with Gasteiger partial charge in [0, 0.05) is 25.9 Å². The number of fused-ring (bicyclic) bond motifs is 4. The van der Waals surface area contributed by atoms with Crippen LogP contribution in [0.15, 0.2) is 65.4 Å². The number of aryl methyl sites for hydroxylation is 1. The maximum absolute atomic E-state index is 2.50. The third-order valence-electron chi connectivity index (χ3n) is 6.50. The SMILES string of the molecule is CC[n+]1c(/C=C2/C=C3C=C(N(C)C)CCC3CC2)sc2ccc3ccccc3c21. The van der Waals surface area contributed by atoms with Gasteiger partial charge in [0.15, 0.2) is 0 Å². The molecule has 3 aromatic rings. The average Bonchev–Trinajstić information content (AvgIpc) is 3.10. The molecule has 0 fully saturated rings. The summed E-state index contributed by atoms with van der Waals surface area (Å²) in [6, 6.07) is 13.3. The molecule has 1 unspecified atom stereocenters. The number of hydrogen-bond donors (Lipinski definition) is 0. The molecule has 0 N–H and O–H groups in total. The Morgan fingerprint density at radius 3 is 2.72 bits per heavy atom. The Kier molecular flexibility index (Phi) is 4.79. The van der Waals surface area contributed by atoms with Gasteiger partial charge in [0.05, 0.1) is 5.39 Å². The molecule has 2 nitrogen and oxygen atoms in total. The van der Waals surface area contributed by atoms with Crippen molar-refractivity contribution in [1.82, 2.24) is 4.90 Å². The van der Waals surface area contributed by atoms with E-state index in [0.29, 0.717) is 0 Å².